The molecule has 0 aliphatic rings. The van der Waals surface area contributed by atoms with Crippen molar-refractivity contribution in [2.45, 2.75) is 39.0 Å². The summed E-state index contributed by atoms with van der Waals surface area (Å²) in [5.41, 5.74) is 0.709. The molecule has 0 saturated heterocycles. The Labute approximate surface area is 152 Å². The summed E-state index contributed by atoms with van der Waals surface area (Å²) in [4.78, 5) is 12.7. The Morgan fingerprint density at radius 1 is 1.12 bits per heavy atom. The van der Waals surface area contributed by atoms with Gasteiger partial charge in [-0.25, -0.2) is 0 Å². The van der Waals surface area contributed by atoms with Crippen LogP contribution in [0, 0.1) is 0 Å². The van der Waals surface area contributed by atoms with Crippen LogP contribution in [0.3, 0.4) is 0 Å². The number of hydrogen-bond acceptors (Lipinski definition) is 3. The van der Waals surface area contributed by atoms with Gasteiger partial charge in [0.05, 0.1) is 27.7 Å². The lowest BCUT2D eigenvalue weighted by molar-refractivity contribution is 0.282. The summed E-state index contributed by atoms with van der Waals surface area (Å²) >= 11 is 12.2. The third kappa shape index (κ3) is 4.05. The van der Waals surface area contributed by atoms with Gasteiger partial charge in [-0.3, -0.25) is 4.79 Å². The van der Waals surface area contributed by atoms with Gasteiger partial charge in [0.25, 0.3) is 5.56 Å². The number of aromatic nitrogens is 1. The van der Waals surface area contributed by atoms with Crippen LogP contribution in [0.4, 0.5) is 0 Å². The van der Waals surface area contributed by atoms with Crippen molar-refractivity contribution in [3.8, 4) is 5.75 Å². The first kappa shape index (κ1) is 19.1. The second kappa shape index (κ2) is 8.75. The lowest BCUT2D eigenvalue weighted by Gasteiger charge is -2.18. The van der Waals surface area contributed by atoms with E-state index in [0.29, 0.717) is 46.0 Å². The molecule has 2 rings (SSSR count). The van der Waals surface area contributed by atoms with Gasteiger partial charge in [-0.15, -0.1) is 0 Å². The van der Waals surface area contributed by atoms with Gasteiger partial charge < -0.3 is 14.4 Å². The first-order valence-corrected chi connectivity index (χ1v) is 9.01. The second-order valence-electron chi connectivity index (χ2n) is 5.83. The highest BCUT2D eigenvalue weighted by atomic mass is 35.5. The first-order chi connectivity index (χ1) is 11.5. The Morgan fingerprint density at radius 3 is 2.42 bits per heavy atom. The van der Waals surface area contributed by atoms with Crippen LogP contribution in [0.25, 0.3) is 10.8 Å². The van der Waals surface area contributed by atoms with Crippen LogP contribution in [0.15, 0.2) is 16.9 Å². The quantitative estimate of drug-likeness (QED) is 0.702. The summed E-state index contributed by atoms with van der Waals surface area (Å²) in [7, 11) is 1.74. The Morgan fingerprint density at radius 2 is 1.79 bits per heavy atom. The molecule has 0 unspecified atom stereocenters. The van der Waals surface area contributed by atoms with E-state index in [4.69, 9.17) is 33.0 Å². The number of fused-ring (bicyclic) bond motifs is 1. The van der Waals surface area contributed by atoms with Gasteiger partial charge in [-0.05, 0) is 37.8 Å². The Bertz CT molecular complexity index is 771. The van der Waals surface area contributed by atoms with E-state index < -0.39 is 0 Å². The number of aliphatic hydroxyl groups is 1. The molecule has 24 heavy (non-hydrogen) atoms. The van der Waals surface area contributed by atoms with E-state index in [2.05, 4.69) is 6.92 Å². The molecule has 0 spiro atoms. The standard InChI is InChI=1S/C18H23Cl2NO3/c1-3-4-9-24-17-12-10-14(19)15(20)11-13(12)18(23)21(2)16(17)7-5-6-8-22/h10-11,22H,3-9H2,1-2H3. The summed E-state index contributed by atoms with van der Waals surface area (Å²) in [6.07, 6.45) is 4.07. The van der Waals surface area contributed by atoms with Gasteiger partial charge in [0, 0.05) is 19.0 Å². The first-order valence-electron chi connectivity index (χ1n) is 8.25. The molecule has 132 valence electrons. The van der Waals surface area contributed by atoms with Crippen LogP contribution in [0.2, 0.25) is 10.0 Å². The van der Waals surface area contributed by atoms with Crippen molar-refractivity contribution >= 4 is 34.0 Å². The lowest BCUT2D eigenvalue weighted by atomic mass is 10.1. The molecular weight excluding hydrogens is 349 g/mol. The molecule has 0 aliphatic heterocycles. The SMILES string of the molecule is CCCCOc1c(CCCCO)n(C)c(=O)c2cc(Cl)c(Cl)cc12. The van der Waals surface area contributed by atoms with Crippen LogP contribution in [-0.4, -0.2) is 22.9 Å². The number of nitrogens with zero attached hydrogens (tertiary/aromatic N) is 1. The number of hydrogen-bond donors (Lipinski definition) is 1. The van der Waals surface area contributed by atoms with Gasteiger partial charge in [-0.1, -0.05) is 36.5 Å². The number of halogens is 2. The molecule has 1 N–H and O–H groups in total. The second-order valence-corrected chi connectivity index (χ2v) is 6.65. The van der Waals surface area contributed by atoms with Crippen molar-refractivity contribution in [2.24, 2.45) is 7.05 Å². The van der Waals surface area contributed by atoms with Crippen molar-refractivity contribution in [2.75, 3.05) is 13.2 Å². The average Bonchev–Trinajstić information content (AvgIpc) is 2.56. The predicted octanol–water partition coefficient (Wildman–Crippen LogP) is 4.34. The lowest BCUT2D eigenvalue weighted by Crippen LogP contribution is -2.22. The minimum atomic E-state index is -0.120. The number of unbranched alkanes of at least 4 members (excludes halogenated alkanes) is 2. The zero-order valence-corrected chi connectivity index (χ0v) is 15.6. The largest absolute Gasteiger partial charge is 0.491 e. The number of aliphatic hydroxyl groups excluding tert-OH is 1. The van der Waals surface area contributed by atoms with Crippen molar-refractivity contribution < 1.29 is 9.84 Å². The van der Waals surface area contributed by atoms with Gasteiger partial charge in [0.15, 0.2) is 0 Å². The van der Waals surface area contributed by atoms with Crippen LogP contribution < -0.4 is 10.3 Å². The summed E-state index contributed by atoms with van der Waals surface area (Å²) in [6, 6.07) is 3.31. The molecule has 1 heterocycles. The van der Waals surface area contributed by atoms with Gasteiger partial charge in [0.2, 0.25) is 0 Å². The molecule has 2 aromatic rings. The summed E-state index contributed by atoms with van der Waals surface area (Å²) in [5.74, 6) is 0.692. The maximum Gasteiger partial charge on any atom is 0.258 e. The smallest absolute Gasteiger partial charge is 0.258 e. The highest BCUT2D eigenvalue weighted by molar-refractivity contribution is 6.42. The van der Waals surface area contributed by atoms with Crippen molar-refractivity contribution in [1.82, 2.24) is 4.57 Å². The highest BCUT2D eigenvalue weighted by Crippen LogP contribution is 2.34. The minimum Gasteiger partial charge on any atom is -0.491 e. The Hall–Kier alpha value is -1.23. The van der Waals surface area contributed by atoms with Crippen molar-refractivity contribution in [3.05, 3.63) is 38.2 Å². The van der Waals surface area contributed by atoms with E-state index in [1.807, 2.05) is 0 Å². The maximum absolute atomic E-state index is 12.7. The van der Waals surface area contributed by atoms with E-state index in [0.717, 1.165) is 25.0 Å². The fourth-order valence-electron chi connectivity index (χ4n) is 2.69. The molecule has 1 aromatic heterocycles. The van der Waals surface area contributed by atoms with Gasteiger partial charge in [0.1, 0.15) is 5.75 Å². The van der Waals surface area contributed by atoms with E-state index in [1.165, 1.54) is 0 Å². The number of benzene rings is 1. The van der Waals surface area contributed by atoms with E-state index in [-0.39, 0.29) is 12.2 Å². The fraction of sp³-hybridized carbons (Fsp3) is 0.500. The molecule has 0 radical (unpaired) electrons. The highest BCUT2D eigenvalue weighted by Gasteiger charge is 2.17. The summed E-state index contributed by atoms with van der Waals surface area (Å²) < 4.78 is 7.64. The molecule has 0 fully saturated rings. The zero-order valence-electron chi connectivity index (χ0n) is 14.1. The van der Waals surface area contributed by atoms with E-state index in [9.17, 15) is 4.79 Å². The van der Waals surface area contributed by atoms with Crippen LogP contribution in [0.1, 0.15) is 38.3 Å². The van der Waals surface area contributed by atoms with Gasteiger partial charge >= 0.3 is 0 Å². The molecule has 6 heteroatoms. The monoisotopic (exact) mass is 371 g/mol. The molecule has 1 aromatic carbocycles. The zero-order chi connectivity index (χ0) is 17.7. The molecular formula is C18H23Cl2NO3. The third-order valence-electron chi connectivity index (χ3n) is 4.07. The number of ether oxygens (including phenoxy) is 1. The number of pyridine rings is 1. The Kier molecular flexibility index (Phi) is 6.96. The summed E-state index contributed by atoms with van der Waals surface area (Å²) in [5, 5.41) is 11.0. The van der Waals surface area contributed by atoms with Crippen LogP contribution in [0.5, 0.6) is 5.75 Å². The van der Waals surface area contributed by atoms with Crippen molar-refractivity contribution in [1.29, 1.82) is 0 Å². The van der Waals surface area contributed by atoms with Crippen molar-refractivity contribution in [3.63, 3.8) is 0 Å². The predicted molar refractivity (Wildman–Crippen MR) is 99.6 cm³/mol. The van der Waals surface area contributed by atoms with Gasteiger partial charge in [-0.2, -0.15) is 0 Å². The van der Waals surface area contributed by atoms with E-state index >= 15 is 0 Å². The molecule has 0 aliphatic carbocycles. The normalized spacial score (nSPS) is 11.2. The van der Waals surface area contributed by atoms with Crippen LogP contribution in [-0.2, 0) is 13.5 Å². The molecule has 0 amide bonds. The fourth-order valence-corrected chi connectivity index (χ4v) is 3.02. The van der Waals surface area contributed by atoms with Crippen LogP contribution >= 0.6 is 23.2 Å². The van der Waals surface area contributed by atoms with E-state index in [1.54, 1.807) is 23.7 Å². The Balaban J connectivity index is 2.62. The topological polar surface area (TPSA) is 51.5 Å². The molecule has 0 bridgehead atoms. The third-order valence-corrected chi connectivity index (χ3v) is 4.80. The minimum absolute atomic E-state index is 0.120. The molecule has 0 saturated carbocycles. The maximum atomic E-state index is 12.7. The summed E-state index contributed by atoms with van der Waals surface area (Å²) in [6.45, 7) is 2.81. The average molecular weight is 372 g/mol. The molecule has 4 nitrogen and oxygen atoms in total. The molecule has 0 atom stereocenters. The number of rotatable bonds is 8.